The highest BCUT2D eigenvalue weighted by Crippen LogP contribution is 2.33. The van der Waals surface area contributed by atoms with Crippen LogP contribution in [0.5, 0.6) is 11.5 Å². The SMILES string of the molecule is O=C(C1CCc2ncsc2C1)N1CCN(Cc2ccc3c(c2)OCO3)CC1. The van der Waals surface area contributed by atoms with Crippen LogP contribution in [-0.4, -0.2) is 53.7 Å². The molecular weight excluding hydrogens is 362 g/mol. The Morgan fingerprint density at radius 3 is 2.93 bits per heavy atom. The van der Waals surface area contributed by atoms with E-state index in [4.69, 9.17) is 9.47 Å². The van der Waals surface area contributed by atoms with E-state index < -0.39 is 0 Å². The molecule has 0 spiro atoms. The lowest BCUT2D eigenvalue weighted by atomic mass is 9.90. The number of benzene rings is 1. The number of fused-ring (bicyclic) bond motifs is 2. The van der Waals surface area contributed by atoms with Gasteiger partial charge in [0.15, 0.2) is 11.5 Å². The summed E-state index contributed by atoms with van der Waals surface area (Å²) in [5.41, 5.74) is 4.34. The zero-order valence-corrected chi connectivity index (χ0v) is 16.0. The quantitative estimate of drug-likeness (QED) is 0.812. The molecule has 1 amide bonds. The molecule has 3 heterocycles. The standard InChI is InChI=1S/C20H23N3O3S/c24-20(15-2-3-16-19(10-15)27-12-21-16)23-7-5-22(6-8-23)11-14-1-4-17-18(9-14)26-13-25-17/h1,4,9,12,15H,2-3,5-8,10-11,13H2. The average molecular weight is 385 g/mol. The lowest BCUT2D eigenvalue weighted by molar-refractivity contribution is -0.137. The summed E-state index contributed by atoms with van der Waals surface area (Å²) in [5, 5.41) is 0. The minimum Gasteiger partial charge on any atom is -0.454 e. The molecule has 1 atom stereocenters. The highest BCUT2D eigenvalue weighted by atomic mass is 32.1. The first-order valence-corrected chi connectivity index (χ1v) is 10.4. The van der Waals surface area contributed by atoms with Gasteiger partial charge in [0.1, 0.15) is 0 Å². The van der Waals surface area contributed by atoms with Gasteiger partial charge in [-0.3, -0.25) is 9.69 Å². The van der Waals surface area contributed by atoms with Crippen LogP contribution in [-0.2, 0) is 24.2 Å². The van der Waals surface area contributed by atoms with Crippen molar-refractivity contribution in [1.82, 2.24) is 14.8 Å². The number of nitrogens with zero attached hydrogens (tertiary/aromatic N) is 3. The summed E-state index contributed by atoms with van der Waals surface area (Å²) in [7, 11) is 0. The van der Waals surface area contributed by atoms with Gasteiger partial charge in [0.2, 0.25) is 12.7 Å². The smallest absolute Gasteiger partial charge is 0.231 e. The average Bonchev–Trinajstić information content (AvgIpc) is 3.36. The van der Waals surface area contributed by atoms with Crippen LogP contribution in [0.1, 0.15) is 22.6 Å². The van der Waals surface area contributed by atoms with Crippen molar-refractivity contribution >= 4 is 17.2 Å². The number of carbonyl (C=O) groups is 1. The summed E-state index contributed by atoms with van der Waals surface area (Å²) in [6.07, 6.45) is 2.75. The lowest BCUT2D eigenvalue weighted by Gasteiger charge is -2.37. The Morgan fingerprint density at radius 2 is 2.04 bits per heavy atom. The number of hydrogen-bond acceptors (Lipinski definition) is 6. The highest BCUT2D eigenvalue weighted by molar-refractivity contribution is 7.09. The number of aryl methyl sites for hydroxylation is 1. The monoisotopic (exact) mass is 385 g/mol. The maximum absolute atomic E-state index is 12.9. The summed E-state index contributed by atoms with van der Waals surface area (Å²) in [6, 6.07) is 6.14. The third kappa shape index (κ3) is 3.41. The molecule has 1 aromatic heterocycles. The van der Waals surface area contributed by atoms with Gasteiger partial charge in [-0.15, -0.1) is 11.3 Å². The second kappa shape index (κ2) is 7.13. The number of thiazole rings is 1. The summed E-state index contributed by atoms with van der Waals surface area (Å²) >= 11 is 1.69. The molecule has 1 aromatic carbocycles. The molecule has 2 aliphatic heterocycles. The van der Waals surface area contributed by atoms with Crippen molar-refractivity contribution in [3.05, 3.63) is 39.8 Å². The van der Waals surface area contributed by atoms with Gasteiger partial charge >= 0.3 is 0 Å². The zero-order valence-electron chi connectivity index (χ0n) is 15.2. The molecule has 0 bridgehead atoms. The van der Waals surface area contributed by atoms with Crippen molar-refractivity contribution in [2.24, 2.45) is 5.92 Å². The van der Waals surface area contributed by atoms with Crippen LogP contribution < -0.4 is 9.47 Å². The van der Waals surface area contributed by atoms with Crippen molar-refractivity contribution in [1.29, 1.82) is 0 Å². The molecule has 5 rings (SSSR count). The van der Waals surface area contributed by atoms with Gasteiger partial charge in [-0.1, -0.05) is 6.07 Å². The van der Waals surface area contributed by atoms with Crippen LogP contribution in [0.25, 0.3) is 0 Å². The molecule has 1 fully saturated rings. The van der Waals surface area contributed by atoms with Gasteiger partial charge < -0.3 is 14.4 Å². The summed E-state index contributed by atoms with van der Waals surface area (Å²) < 4.78 is 10.8. The summed E-state index contributed by atoms with van der Waals surface area (Å²) in [6.45, 7) is 4.65. The third-order valence-corrected chi connectivity index (χ3v) is 6.66. The minimum atomic E-state index is 0.137. The van der Waals surface area contributed by atoms with Crippen molar-refractivity contribution in [2.75, 3.05) is 33.0 Å². The molecule has 3 aliphatic rings. The Morgan fingerprint density at radius 1 is 1.19 bits per heavy atom. The molecule has 7 heteroatoms. The molecule has 1 unspecified atom stereocenters. The predicted molar refractivity (Wildman–Crippen MR) is 102 cm³/mol. The fourth-order valence-electron chi connectivity index (χ4n) is 4.19. The van der Waals surface area contributed by atoms with Gasteiger partial charge in [0.05, 0.1) is 11.2 Å². The van der Waals surface area contributed by atoms with E-state index in [9.17, 15) is 4.79 Å². The number of hydrogen-bond donors (Lipinski definition) is 0. The molecule has 0 radical (unpaired) electrons. The topological polar surface area (TPSA) is 54.9 Å². The zero-order chi connectivity index (χ0) is 18.2. The Balaban J connectivity index is 1.15. The van der Waals surface area contributed by atoms with E-state index in [2.05, 4.69) is 26.9 Å². The first kappa shape index (κ1) is 17.0. The minimum absolute atomic E-state index is 0.137. The van der Waals surface area contributed by atoms with E-state index in [1.54, 1.807) is 11.3 Å². The molecule has 27 heavy (non-hydrogen) atoms. The van der Waals surface area contributed by atoms with Crippen molar-refractivity contribution in [3.63, 3.8) is 0 Å². The predicted octanol–water partition coefficient (Wildman–Crippen LogP) is 2.32. The number of piperazine rings is 1. The Hall–Kier alpha value is -2.12. The number of aromatic nitrogens is 1. The van der Waals surface area contributed by atoms with E-state index in [1.165, 1.54) is 16.1 Å². The van der Waals surface area contributed by atoms with E-state index in [0.717, 1.165) is 63.5 Å². The normalized spacial score (nSPS) is 21.9. The second-order valence-electron chi connectivity index (χ2n) is 7.45. The maximum atomic E-state index is 12.9. The van der Waals surface area contributed by atoms with Crippen LogP contribution in [0.4, 0.5) is 0 Å². The van der Waals surface area contributed by atoms with E-state index in [0.29, 0.717) is 12.7 Å². The van der Waals surface area contributed by atoms with Crippen LogP contribution >= 0.6 is 11.3 Å². The van der Waals surface area contributed by atoms with Crippen molar-refractivity contribution in [3.8, 4) is 11.5 Å². The van der Waals surface area contributed by atoms with E-state index >= 15 is 0 Å². The van der Waals surface area contributed by atoms with Gasteiger partial charge in [-0.05, 0) is 37.0 Å². The van der Waals surface area contributed by atoms with Gasteiger partial charge in [0.25, 0.3) is 0 Å². The van der Waals surface area contributed by atoms with E-state index in [-0.39, 0.29) is 5.92 Å². The first-order chi connectivity index (χ1) is 13.3. The van der Waals surface area contributed by atoms with Gasteiger partial charge in [0, 0.05) is 43.5 Å². The molecule has 2 aromatic rings. The molecule has 0 saturated carbocycles. The fourth-order valence-corrected chi connectivity index (χ4v) is 5.09. The number of rotatable bonds is 3. The van der Waals surface area contributed by atoms with Crippen LogP contribution in [0, 0.1) is 5.92 Å². The van der Waals surface area contributed by atoms with Crippen LogP contribution in [0.15, 0.2) is 23.7 Å². The second-order valence-corrected chi connectivity index (χ2v) is 8.39. The van der Waals surface area contributed by atoms with Crippen LogP contribution in [0.3, 0.4) is 0 Å². The Kier molecular flexibility index (Phi) is 4.49. The maximum Gasteiger partial charge on any atom is 0.231 e. The molecule has 0 N–H and O–H groups in total. The van der Waals surface area contributed by atoms with Gasteiger partial charge in [-0.25, -0.2) is 4.98 Å². The summed E-state index contributed by atoms with van der Waals surface area (Å²) in [4.78, 5) is 23.1. The third-order valence-electron chi connectivity index (χ3n) is 5.76. The fraction of sp³-hybridized carbons (Fsp3) is 0.500. The number of carbonyl (C=O) groups excluding carboxylic acids is 1. The molecule has 6 nitrogen and oxygen atoms in total. The van der Waals surface area contributed by atoms with Crippen molar-refractivity contribution in [2.45, 2.75) is 25.8 Å². The molecule has 1 aliphatic carbocycles. The van der Waals surface area contributed by atoms with Crippen LogP contribution in [0.2, 0.25) is 0 Å². The van der Waals surface area contributed by atoms with Gasteiger partial charge in [-0.2, -0.15) is 0 Å². The molecule has 1 saturated heterocycles. The molecule has 142 valence electrons. The number of ether oxygens (including phenoxy) is 2. The Bertz CT molecular complexity index is 845. The Labute approximate surface area is 162 Å². The number of amides is 1. The lowest BCUT2D eigenvalue weighted by Crippen LogP contribution is -2.50. The molecular formula is C20H23N3O3S. The highest BCUT2D eigenvalue weighted by Gasteiger charge is 2.31. The first-order valence-electron chi connectivity index (χ1n) is 9.57. The largest absolute Gasteiger partial charge is 0.454 e. The van der Waals surface area contributed by atoms with Crippen molar-refractivity contribution < 1.29 is 14.3 Å². The van der Waals surface area contributed by atoms with E-state index in [1.807, 2.05) is 11.6 Å². The summed E-state index contributed by atoms with van der Waals surface area (Å²) in [5.74, 6) is 2.13.